The lowest BCUT2D eigenvalue weighted by molar-refractivity contribution is 0.0401. The summed E-state index contributed by atoms with van der Waals surface area (Å²) in [6.07, 6.45) is 4.07. The van der Waals surface area contributed by atoms with Gasteiger partial charge in [-0.05, 0) is 33.7 Å². The third-order valence-corrected chi connectivity index (χ3v) is 4.51. The van der Waals surface area contributed by atoms with Crippen LogP contribution in [0.25, 0.3) is 0 Å². The molecule has 106 valence electrons. The zero-order chi connectivity index (χ0) is 13.0. The molecule has 1 N–H and O–H groups in total. The van der Waals surface area contributed by atoms with Crippen molar-refractivity contribution in [3.05, 3.63) is 0 Å². The smallest absolute Gasteiger partial charge is 0.0230 e. The summed E-state index contributed by atoms with van der Waals surface area (Å²) >= 11 is 0. The highest BCUT2D eigenvalue weighted by molar-refractivity contribution is 4.77. The summed E-state index contributed by atoms with van der Waals surface area (Å²) in [5.41, 5.74) is 3.66. The minimum absolute atomic E-state index is 0.696. The number of piperidine rings is 1. The normalized spacial score (nSPS) is 32.8. The van der Waals surface area contributed by atoms with Crippen molar-refractivity contribution in [1.82, 2.24) is 20.2 Å². The van der Waals surface area contributed by atoms with E-state index in [4.69, 9.17) is 0 Å². The summed E-state index contributed by atoms with van der Waals surface area (Å²) in [5.74, 6) is 0. The average Bonchev–Trinajstić information content (AvgIpc) is 2.35. The second-order valence-electron chi connectivity index (χ2n) is 6.09. The van der Waals surface area contributed by atoms with Gasteiger partial charge in [-0.15, -0.1) is 0 Å². The molecule has 0 saturated carbocycles. The van der Waals surface area contributed by atoms with Crippen molar-refractivity contribution < 1.29 is 0 Å². The molecule has 0 bridgehead atoms. The van der Waals surface area contributed by atoms with E-state index in [0.717, 1.165) is 6.54 Å². The van der Waals surface area contributed by atoms with Crippen LogP contribution in [0, 0.1) is 0 Å². The predicted octanol–water partition coefficient (Wildman–Crippen LogP) is 1.00. The summed E-state index contributed by atoms with van der Waals surface area (Å²) in [4.78, 5) is 4.99. The molecule has 2 atom stereocenters. The second-order valence-corrected chi connectivity index (χ2v) is 6.09. The van der Waals surface area contributed by atoms with Gasteiger partial charge in [-0.1, -0.05) is 6.42 Å². The minimum Gasteiger partial charge on any atom is -0.304 e. The monoisotopic (exact) mass is 254 g/mol. The van der Waals surface area contributed by atoms with Gasteiger partial charge in [0.05, 0.1) is 0 Å². The van der Waals surface area contributed by atoms with E-state index in [0.29, 0.717) is 12.1 Å². The van der Waals surface area contributed by atoms with Gasteiger partial charge in [-0.2, -0.15) is 0 Å². The maximum atomic E-state index is 3.66. The first-order valence-electron chi connectivity index (χ1n) is 7.59. The Hall–Kier alpha value is -0.160. The van der Waals surface area contributed by atoms with Gasteiger partial charge in [0.2, 0.25) is 0 Å². The number of nitrogens with zero attached hydrogens (tertiary/aromatic N) is 3. The van der Waals surface area contributed by atoms with Crippen molar-refractivity contribution in [3.63, 3.8) is 0 Å². The first-order valence-corrected chi connectivity index (χ1v) is 7.59. The summed E-state index contributed by atoms with van der Waals surface area (Å²) < 4.78 is 0. The maximum absolute atomic E-state index is 3.66. The third-order valence-electron chi connectivity index (χ3n) is 4.51. The van der Waals surface area contributed by atoms with Crippen molar-refractivity contribution in [2.24, 2.45) is 0 Å². The Balaban J connectivity index is 1.65. The van der Waals surface area contributed by atoms with Crippen LogP contribution in [0.15, 0.2) is 0 Å². The van der Waals surface area contributed by atoms with Gasteiger partial charge in [0.15, 0.2) is 0 Å². The molecule has 0 amide bonds. The quantitative estimate of drug-likeness (QED) is 0.808. The summed E-state index contributed by atoms with van der Waals surface area (Å²) in [5, 5.41) is 2.49. The fourth-order valence-corrected chi connectivity index (χ4v) is 3.14. The van der Waals surface area contributed by atoms with Crippen molar-refractivity contribution in [3.8, 4) is 0 Å². The lowest BCUT2D eigenvalue weighted by atomic mass is 10.00. The molecule has 0 aromatic rings. The molecule has 0 aromatic carbocycles. The summed E-state index contributed by atoms with van der Waals surface area (Å²) in [6, 6.07) is 1.39. The fourth-order valence-electron chi connectivity index (χ4n) is 3.14. The standard InChI is InChI=1S/C14H30N4/c1-13-5-4-6-14(2)18(13)15-7-8-17-11-9-16(3)10-12-17/h13-15H,4-12H2,1-3H3. The first-order chi connectivity index (χ1) is 8.66. The summed E-state index contributed by atoms with van der Waals surface area (Å²) in [7, 11) is 2.21. The van der Waals surface area contributed by atoms with E-state index < -0.39 is 0 Å². The van der Waals surface area contributed by atoms with Crippen LogP contribution >= 0.6 is 0 Å². The maximum Gasteiger partial charge on any atom is 0.0230 e. The second kappa shape index (κ2) is 6.85. The van der Waals surface area contributed by atoms with E-state index >= 15 is 0 Å². The molecule has 2 aliphatic heterocycles. The summed E-state index contributed by atoms with van der Waals surface area (Å²) in [6.45, 7) is 11.9. The molecule has 2 unspecified atom stereocenters. The van der Waals surface area contributed by atoms with E-state index in [9.17, 15) is 0 Å². The van der Waals surface area contributed by atoms with Gasteiger partial charge >= 0.3 is 0 Å². The number of hydrogen-bond acceptors (Lipinski definition) is 4. The molecule has 2 aliphatic rings. The Labute approximate surface area is 112 Å². The zero-order valence-corrected chi connectivity index (χ0v) is 12.4. The Kier molecular flexibility index (Phi) is 5.42. The van der Waals surface area contributed by atoms with Crippen LogP contribution in [0.4, 0.5) is 0 Å². The Bertz CT molecular complexity index is 228. The minimum atomic E-state index is 0.696. The predicted molar refractivity (Wildman–Crippen MR) is 76.6 cm³/mol. The Morgan fingerprint density at radius 3 is 2.22 bits per heavy atom. The van der Waals surface area contributed by atoms with E-state index in [1.165, 1.54) is 52.0 Å². The molecule has 0 aliphatic carbocycles. The molecule has 0 aromatic heterocycles. The Morgan fingerprint density at radius 1 is 1.00 bits per heavy atom. The number of hydrazine groups is 1. The van der Waals surface area contributed by atoms with E-state index in [-0.39, 0.29) is 0 Å². The van der Waals surface area contributed by atoms with Crippen molar-refractivity contribution in [1.29, 1.82) is 0 Å². The van der Waals surface area contributed by atoms with E-state index in [1.54, 1.807) is 0 Å². The van der Waals surface area contributed by atoms with Gasteiger partial charge in [-0.3, -0.25) is 10.3 Å². The van der Waals surface area contributed by atoms with Crippen molar-refractivity contribution >= 4 is 0 Å². The van der Waals surface area contributed by atoms with Gasteiger partial charge in [0, 0.05) is 51.4 Å². The van der Waals surface area contributed by atoms with Crippen LogP contribution < -0.4 is 5.43 Å². The molecule has 2 fully saturated rings. The molecular weight excluding hydrogens is 224 g/mol. The van der Waals surface area contributed by atoms with Gasteiger partial charge in [0.1, 0.15) is 0 Å². The highest BCUT2D eigenvalue weighted by Gasteiger charge is 2.24. The van der Waals surface area contributed by atoms with Crippen LogP contribution in [-0.2, 0) is 0 Å². The Morgan fingerprint density at radius 2 is 1.61 bits per heavy atom. The van der Waals surface area contributed by atoms with Crippen LogP contribution in [0.2, 0.25) is 0 Å². The van der Waals surface area contributed by atoms with Crippen LogP contribution in [0.1, 0.15) is 33.1 Å². The number of rotatable bonds is 4. The van der Waals surface area contributed by atoms with Crippen LogP contribution in [0.3, 0.4) is 0 Å². The fraction of sp³-hybridized carbons (Fsp3) is 1.00. The topological polar surface area (TPSA) is 21.8 Å². The third kappa shape index (κ3) is 3.92. The van der Waals surface area contributed by atoms with Crippen LogP contribution in [-0.4, -0.2) is 73.2 Å². The van der Waals surface area contributed by atoms with Crippen molar-refractivity contribution in [2.75, 3.05) is 46.3 Å². The lowest BCUT2D eigenvalue weighted by Gasteiger charge is -2.40. The highest BCUT2D eigenvalue weighted by Crippen LogP contribution is 2.19. The van der Waals surface area contributed by atoms with Gasteiger partial charge in [0.25, 0.3) is 0 Å². The molecule has 2 heterocycles. The average molecular weight is 254 g/mol. The van der Waals surface area contributed by atoms with E-state index in [1.807, 2.05) is 0 Å². The molecular formula is C14H30N4. The number of hydrogen-bond donors (Lipinski definition) is 1. The SMILES string of the molecule is CC1CCCC(C)N1NCCN1CCN(C)CC1. The number of piperazine rings is 1. The zero-order valence-electron chi connectivity index (χ0n) is 12.4. The molecule has 2 rings (SSSR count). The molecule has 2 saturated heterocycles. The first kappa shape index (κ1) is 14.3. The number of likely N-dealkylation sites (N-methyl/N-ethyl adjacent to an activating group) is 1. The van der Waals surface area contributed by atoms with Crippen LogP contribution in [0.5, 0.6) is 0 Å². The van der Waals surface area contributed by atoms with E-state index in [2.05, 4.69) is 41.1 Å². The molecule has 4 nitrogen and oxygen atoms in total. The van der Waals surface area contributed by atoms with Crippen molar-refractivity contribution in [2.45, 2.75) is 45.2 Å². The molecule has 4 heteroatoms. The molecule has 18 heavy (non-hydrogen) atoms. The highest BCUT2D eigenvalue weighted by atomic mass is 15.5. The number of nitrogens with one attached hydrogen (secondary N) is 1. The lowest BCUT2D eigenvalue weighted by Crippen LogP contribution is -2.54. The molecule has 0 spiro atoms. The van der Waals surface area contributed by atoms with Gasteiger partial charge in [-0.25, -0.2) is 5.01 Å². The largest absolute Gasteiger partial charge is 0.304 e. The molecule has 0 radical (unpaired) electrons. The van der Waals surface area contributed by atoms with Gasteiger partial charge < -0.3 is 4.90 Å².